The maximum absolute atomic E-state index is 12.4. The van der Waals surface area contributed by atoms with Gasteiger partial charge in [0.05, 0.1) is 10.5 Å². The molecule has 1 aromatic carbocycles. The zero-order valence-corrected chi connectivity index (χ0v) is 14.8. The Morgan fingerprint density at radius 1 is 1.28 bits per heavy atom. The summed E-state index contributed by atoms with van der Waals surface area (Å²) in [6, 6.07) is 6.29. The van der Waals surface area contributed by atoms with Crippen LogP contribution in [0.4, 0.5) is 10.5 Å². The Bertz CT molecular complexity index is 640. The van der Waals surface area contributed by atoms with Gasteiger partial charge in [0.15, 0.2) is 0 Å². The highest BCUT2D eigenvalue weighted by atomic mass is 16.6. The highest BCUT2D eigenvalue weighted by Gasteiger charge is 2.31. The summed E-state index contributed by atoms with van der Waals surface area (Å²) in [5, 5.41) is 16.8. The molecule has 1 unspecified atom stereocenters. The van der Waals surface area contributed by atoms with Crippen LogP contribution in [-0.2, 0) is 5.54 Å². The van der Waals surface area contributed by atoms with Crippen LogP contribution in [-0.4, -0.2) is 41.5 Å². The average molecular weight is 346 g/mol. The number of hydrogen-bond donors (Lipinski definition) is 2. The average Bonchev–Trinajstić information content (AvgIpc) is 3.25. The van der Waals surface area contributed by atoms with Crippen LogP contribution in [0.25, 0.3) is 0 Å². The number of likely N-dealkylation sites (tertiary alicyclic amines) is 1. The van der Waals surface area contributed by atoms with Crippen LogP contribution in [0.15, 0.2) is 24.3 Å². The van der Waals surface area contributed by atoms with Gasteiger partial charge < -0.3 is 15.5 Å². The summed E-state index contributed by atoms with van der Waals surface area (Å²) in [6.07, 6.45) is 3.68. The summed E-state index contributed by atoms with van der Waals surface area (Å²) >= 11 is 0. The number of nitro groups is 1. The van der Waals surface area contributed by atoms with Crippen LogP contribution in [0.2, 0.25) is 0 Å². The predicted molar refractivity (Wildman–Crippen MR) is 95.4 cm³/mol. The Kier molecular flexibility index (Phi) is 4.94. The van der Waals surface area contributed by atoms with Crippen molar-refractivity contribution in [2.45, 2.75) is 44.7 Å². The van der Waals surface area contributed by atoms with E-state index in [0.29, 0.717) is 0 Å². The van der Waals surface area contributed by atoms with E-state index in [9.17, 15) is 14.9 Å². The van der Waals surface area contributed by atoms with Gasteiger partial charge >= 0.3 is 6.03 Å². The lowest BCUT2D eigenvalue weighted by atomic mass is 9.94. The monoisotopic (exact) mass is 346 g/mol. The molecule has 2 N–H and O–H groups in total. The van der Waals surface area contributed by atoms with E-state index < -0.39 is 10.5 Å². The quantitative estimate of drug-likeness (QED) is 0.612. The maximum atomic E-state index is 12.4. The molecule has 0 spiro atoms. The second-order valence-electron chi connectivity index (χ2n) is 7.72. The fraction of sp³-hybridized carbons (Fsp3) is 0.611. The van der Waals surface area contributed by atoms with E-state index in [1.165, 1.54) is 25.0 Å². The number of nitrogens with zero attached hydrogens (tertiary/aromatic N) is 2. The minimum Gasteiger partial charge on any atom is -0.334 e. The van der Waals surface area contributed by atoms with E-state index in [1.807, 2.05) is 13.8 Å². The lowest BCUT2D eigenvalue weighted by Crippen LogP contribution is -2.50. The summed E-state index contributed by atoms with van der Waals surface area (Å²) in [4.78, 5) is 25.1. The van der Waals surface area contributed by atoms with Crippen molar-refractivity contribution < 1.29 is 9.72 Å². The number of amides is 2. The number of hydrogen-bond acceptors (Lipinski definition) is 4. The Morgan fingerprint density at radius 2 is 1.96 bits per heavy atom. The molecule has 1 heterocycles. The van der Waals surface area contributed by atoms with E-state index in [0.717, 1.165) is 37.5 Å². The second-order valence-corrected chi connectivity index (χ2v) is 7.72. The molecule has 3 rings (SSSR count). The first-order chi connectivity index (χ1) is 11.8. The first-order valence-corrected chi connectivity index (χ1v) is 8.89. The molecule has 1 saturated carbocycles. The van der Waals surface area contributed by atoms with E-state index >= 15 is 0 Å². The first kappa shape index (κ1) is 17.7. The maximum Gasteiger partial charge on any atom is 0.315 e. The molecule has 136 valence electrons. The van der Waals surface area contributed by atoms with Crippen molar-refractivity contribution in [2.24, 2.45) is 5.92 Å². The van der Waals surface area contributed by atoms with Gasteiger partial charge in [0.25, 0.3) is 5.69 Å². The molecule has 0 bridgehead atoms. The smallest absolute Gasteiger partial charge is 0.315 e. The Labute approximate surface area is 147 Å². The molecule has 0 aromatic heterocycles. The number of carbonyl (C=O) groups excluding carboxylic acids is 1. The Morgan fingerprint density at radius 3 is 2.56 bits per heavy atom. The van der Waals surface area contributed by atoms with Crippen LogP contribution in [0.5, 0.6) is 0 Å². The number of carbonyl (C=O) groups is 1. The van der Waals surface area contributed by atoms with Gasteiger partial charge in [-0.25, -0.2) is 4.79 Å². The molecule has 2 amide bonds. The van der Waals surface area contributed by atoms with Crippen molar-refractivity contribution in [1.82, 2.24) is 15.5 Å². The van der Waals surface area contributed by atoms with Crippen molar-refractivity contribution in [2.75, 3.05) is 19.6 Å². The third-order valence-corrected chi connectivity index (χ3v) is 5.05. The number of nitro benzene ring substituents is 1. The van der Waals surface area contributed by atoms with E-state index in [2.05, 4.69) is 15.5 Å². The van der Waals surface area contributed by atoms with Gasteiger partial charge in [-0.05, 0) is 56.7 Å². The lowest BCUT2D eigenvalue weighted by Gasteiger charge is -2.28. The minimum atomic E-state index is -0.606. The fourth-order valence-electron chi connectivity index (χ4n) is 3.36. The topological polar surface area (TPSA) is 87.5 Å². The van der Waals surface area contributed by atoms with Crippen LogP contribution in [0.3, 0.4) is 0 Å². The van der Waals surface area contributed by atoms with Gasteiger partial charge in [-0.15, -0.1) is 0 Å². The largest absolute Gasteiger partial charge is 0.334 e. The number of benzene rings is 1. The molecule has 1 atom stereocenters. The molecular weight excluding hydrogens is 320 g/mol. The molecule has 0 radical (unpaired) electrons. The lowest BCUT2D eigenvalue weighted by molar-refractivity contribution is -0.384. The Hall–Kier alpha value is -2.15. The zero-order valence-electron chi connectivity index (χ0n) is 14.8. The van der Waals surface area contributed by atoms with Crippen LogP contribution in [0, 0.1) is 16.0 Å². The van der Waals surface area contributed by atoms with Crippen LogP contribution in [0.1, 0.15) is 38.7 Å². The van der Waals surface area contributed by atoms with Crippen LogP contribution >= 0.6 is 0 Å². The number of urea groups is 1. The third-order valence-electron chi connectivity index (χ3n) is 5.05. The van der Waals surface area contributed by atoms with Crippen molar-refractivity contribution in [3.05, 3.63) is 39.9 Å². The van der Waals surface area contributed by atoms with Gasteiger partial charge in [0.2, 0.25) is 0 Å². The summed E-state index contributed by atoms with van der Waals surface area (Å²) < 4.78 is 0. The fourth-order valence-corrected chi connectivity index (χ4v) is 3.36. The molecule has 7 nitrogen and oxygen atoms in total. The predicted octanol–water partition coefficient (Wildman–Crippen LogP) is 2.61. The SMILES string of the molecule is CC(C)(NC(=O)NC1CCN(CC2CC2)C1)c1ccc([N+](=O)[O-])cc1. The molecule has 1 aliphatic heterocycles. The van der Waals surface area contributed by atoms with Crippen molar-refractivity contribution in [3.8, 4) is 0 Å². The van der Waals surface area contributed by atoms with Gasteiger partial charge in [-0.3, -0.25) is 10.1 Å². The summed E-state index contributed by atoms with van der Waals surface area (Å²) in [7, 11) is 0. The number of nitrogens with one attached hydrogen (secondary N) is 2. The second kappa shape index (κ2) is 7.00. The third kappa shape index (κ3) is 4.69. The van der Waals surface area contributed by atoms with Gasteiger partial charge in [0.1, 0.15) is 0 Å². The highest BCUT2D eigenvalue weighted by Crippen LogP contribution is 2.30. The highest BCUT2D eigenvalue weighted by molar-refractivity contribution is 5.75. The summed E-state index contributed by atoms with van der Waals surface area (Å²) in [6.45, 7) is 6.91. The van der Waals surface area contributed by atoms with Crippen LogP contribution < -0.4 is 10.6 Å². The van der Waals surface area contributed by atoms with Gasteiger partial charge in [-0.1, -0.05) is 0 Å². The van der Waals surface area contributed by atoms with Crippen molar-refractivity contribution >= 4 is 11.7 Å². The van der Waals surface area contributed by atoms with Crippen molar-refractivity contribution in [3.63, 3.8) is 0 Å². The molecule has 1 aliphatic carbocycles. The zero-order chi connectivity index (χ0) is 18.0. The molecule has 1 aromatic rings. The number of rotatable bonds is 6. The van der Waals surface area contributed by atoms with E-state index in [4.69, 9.17) is 0 Å². The van der Waals surface area contributed by atoms with Gasteiger partial charge in [0, 0.05) is 37.8 Å². The van der Waals surface area contributed by atoms with Gasteiger partial charge in [-0.2, -0.15) is 0 Å². The molecule has 2 aliphatic rings. The van der Waals surface area contributed by atoms with Crippen molar-refractivity contribution in [1.29, 1.82) is 0 Å². The van der Waals surface area contributed by atoms with E-state index in [1.54, 1.807) is 12.1 Å². The molecule has 1 saturated heterocycles. The first-order valence-electron chi connectivity index (χ1n) is 8.89. The van der Waals surface area contributed by atoms with E-state index in [-0.39, 0.29) is 17.8 Å². The normalized spacial score (nSPS) is 21.1. The standard InChI is InChI=1S/C18H26N4O3/c1-18(2,14-5-7-16(8-6-14)22(24)25)20-17(23)19-15-9-10-21(12-15)11-13-3-4-13/h5-8,13,15H,3-4,9-12H2,1-2H3,(H2,19,20,23). The minimum absolute atomic E-state index is 0.0470. The summed E-state index contributed by atoms with van der Waals surface area (Å²) in [5.41, 5.74) is 0.270. The Balaban J connectivity index is 1.51. The number of non-ortho nitro benzene ring substituents is 1. The molecule has 2 fully saturated rings. The molecule has 7 heteroatoms. The summed E-state index contributed by atoms with van der Waals surface area (Å²) in [5.74, 6) is 0.869. The molecule has 25 heavy (non-hydrogen) atoms. The molecular formula is C18H26N4O3.